The number of aromatic nitrogens is 7. The molecule has 20 aromatic carbocycles. The van der Waals surface area contributed by atoms with Crippen molar-refractivity contribution in [1.29, 1.82) is 0 Å². The van der Waals surface area contributed by atoms with E-state index in [4.69, 9.17) is 4.98 Å². The molecular formula is C127H77B4N11S2Si. The molecule has 0 atom stereocenters. The number of fused-ring (bicyclic) bond motifs is 50. The van der Waals surface area contributed by atoms with Crippen LogP contribution in [-0.2, 0) is 0 Å². The quantitative estimate of drug-likeness (QED) is 0.123. The summed E-state index contributed by atoms with van der Waals surface area (Å²) in [7, 11) is -3.21. The number of anilines is 8. The fourth-order valence-corrected chi connectivity index (χ4v) is 34.2. The molecule has 0 saturated carbocycles. The van der Waals surface area contributed by atoms with Crippen LogP contribution < -0.4 is 50.9 Å². The van der Waals surface area contributed by atoms with Crippen molar-refractivity contribution in [3.8, 4) is 67.2 Å². The minimum Gasteiger partial charge on any atom is -0.359 e. The number of para-hydroxylation sites is 8. The lowest BCUT2D eigenvalue weighted by Crippen LogP contribution is -2.74. The van der Waals surface area contributed by atoms with Crippen molar-refractivity contribution in [3.63, 3.8) is 0 Å². The summed E-state index contributed by atoms with van der Waals surface area (Å²) in [5.74, 6) is 1.01. The van der Waals surface area contributed by atoms with Crippen LogP contribution in [0.4, 0.5) is 45.5 Å². The van der Waals surface area contributed by atoms with Crippen LogP contribution in [0, 0.1) is 0 Å². The van der Waals surface area contributed by atoms with Crippen molar-refractivity contribution in [2.24, 2.45) is 0 Å². The van der Waals surface area contributed by atoms with Crippen LogP contribution in [-0.4, -0.2) is 68.1 Å². The number of thiophene rings is 2. The summed E-state index contributed by atoms with van der Waals surface area (Å²) in [6.07, 6.45) is 6.29. The largest absolute Gasteiger partial charge is 0.519 e. The molecule has 0 aliphatic carbocycles. The summed E-state index contributed by atoms with van der Waals surface area (Å²) < 4.78 is 20.4. The second-order valence-electron chi connectivity index (χ2n) is 39.8. The van der Waals surface area contributed by atoms with Crippen LogP contribution in [0.1, 0.15) is 0 Å². The Morgan fingerprint density at radius 2 is 0.600 bits per heavy atom. The van der Waals surface area contributed by atoms with E-state index in [0.717, 1.165) is 11.4 Å². The maximum absolute atomic E-state index is 4.89. The van der Waals surface area contributed by atoms with Gasteiger partial charge in [0.05, 0.1) is 44.8 Å². The molecule has 668 valence electrons. The molecule has 0 amide bonds. The maximum atomic E-state index is 4.89. The lowest BCUT2D eigenvalue weighted by atomic mass is 9.60. The number of hydrogen-bond donors (Lipinski definition) is 0. The summed E-state index contributed by atoms with van der Waals surface area (Å²) in [6.45, 7) is -0.0455. The lowest BCUT2D eigenvalue weighted by molar-refractivity contribution is 1.06. The first kappa shape index (κ1) is 78.9. The molecule has 18 heteroatoms. The molecule has 8 aliphatic rings. The zero-order chi connectivity index (χ0) is 94.0. The Labute approximate surface area is 842 Å². The average molecular weight is 1890 g/mol. The number of imidazole rings is 1. The summed E-state index contributed by atoms with van der Waals surface area (Å²) in [4.78, 5) is 15.2. The predicted octanol–water partition coefficient (Wildman–Crippen LogP) is 27.7. The summed E-state index contributed by atoms with van der Waals surface area (Å²) >= 11 is 3.74. The molecule has 0 spiro atoms. The van der Waals surface area contributed by atoms with E-state index < -0.39 is 8.07 Å². The van der Waals surface area contributed by atoms with E-state index in [-0.39, 0.29) is 28.2 Å². The van der Waals surface area contributed by atoms with Gasteiger partial charge >= 0.3 is 28.2 Å². The van der Waals surface area contributed by atoms with Crippen molar-refractivity contribution in [2.75, 3.05) is 19.2 Å². The molecule has 36 rings (SSSR count). The maximum Gasteiger partial charge on any atom is 0.519 e. The monoisotopic (exact) mass is 1890 g/mol. The second kappa shape index (κ2) is 29.2. The van der Waals surface area contributed by atoms with E-state index in [1.807, 2.05) is 28.9 Å². The van der Waals surface area contributed by atoms with Crippen LogP contribution in [0.25, 0.3) is 195 Å². The third-order valence-corrected chi connectivity index (χ3v) is 40.0. The van der Waals surface area contributed by atoms with E-state index in [9.17, 15) is 0 Å². The Morgan fingerprint density at radius 3 is 1.17 bits per heavy atom. The van der Waals surface area contributed by atoms with Crippen molar-refractivity contribution >= 4 is 264 Å². The van der Waals surface area contributed by atoms with Crippen LogP contribution in [0.3, 0.4) is 0 Å². The number of hydrogen-bond acceptors (Lipinski definition) is 7. The van der Waals surface area contributed by atoms with Gasteiger partial charge in [0.2, 0.25) is 0 Å². The Bertz CT molecular complexity index is 10300. The number of nitrogens with zero attached hydrogens (tertiary/aromatic N) is 11. The number of rotatable bonds is 6. The van der Waals surface area contributed by atoms with Gasteiger partial charge in [-0.3, -0.25) is 0 Å². The summed E-state index contributed by atoms with van der Waals surface area (Å²) in [5.41, 5.74) is 36.8. The highest BCUT2D eigenvalue weighted by Crippen LogP contribution is 2.57. The van der Waals surface area contributed by atoms with Crippen LogP contribution in [0.15, 0.2) is 468 Å². The zero-order valence-electron chi connectivity index (χ0n) is 78.0. The van der Waals surface area contributed by atoms with Gasteiger partial charge in [-0.05, 0) is 205 Å². The van der Waals surface area contributed by atoms with Crippen LogP contribution in [0.2, 0.25) is 0 Å². The third kappa shape index (κ3) is 10.4. The van der Waals surface area contributed by atoms with E-state index in [2.05, 4.69) is 507 Å². The summed E-state index contributed by atoms with van der Waals surface area (Å²) in [5, 5.41) is 21.2. The molecule has 11 nitrogen and oxygen atoms in total. The normalized spacial score (nSPS) is 13.7. The molecule has 8 aromatic heterocycles. The van der Waals surface area contributed by atoms with E-state index >= 15 is 0 Å². The molecule has 0 unspecified atom stereocenters. The highest BCUT2D eigenvalue weighted by atomic mass is 32.1. The highest BCUT2D eigenvalue weighted by Gasteiger charge is 2.54. The Kier molecular flexibility index (Phi) is 15.9. The van der Waals surface area contributed by atoms with E-state index in [0.29, 0.717) is 0 Å². The first-order chi connectivity index (χ1) is 72.0. The first-order valence-corrected chi connectivity index (χ1v) is 53.8. The smallest absolute Gasteiger partial charge is 0.359 e. The van der Waals surface area contributed by atoms with Gasteiger partial charge in [0, 0.05) is 169 Å². The van der Waals surface area contributed by atoms with Crippen molar-refractivity contribution < 1.29 is 0 Å². The van der Waals surface area contributed by atoms with Gasteiger partial charge in [0.1, 0.15) is 5.82 Å². The van der Waals surface area contributed by atoms with Gasteiger partial charge in [0.25, 0.3) is 0 Å². The summed E-state index contributed by atoms with van der Waals surface area (Å²) in [6, 6.07) is 169. The highest BCUT2D eigenvalue weighted by molar-refractivity contribution is 7.26. The number of benzene rings is 20. The average Bonchev–Trinajstić information content (AvgIpc) is 1.53. The molecule has 0 bridgehead atoms. The first-order valence-electron chi connectivity index (χ1n) is 50.1. The molecule has 0 fully saturated rings. The van der Waals surface area contributed by atoms with Crippen LogP contribution >= 0.6 is 22.7 Å². The second-order valence-corrected chi connectivity index (χ2v) is 45.8. The predicted molar refractivity (Wildman–Crippen MR) is 616 cm³/mol. The molecule has 16 heterocycles. The fourth-order valence-electron chi connectivity index (χ4n) is 27.2. The van der Waals surface area contributed by atoms with Crippen LogP contribution in [0.5, 0.6) is 0 Å². The topological polar surface area (TPSA) is 55.4 Å². The molecule has 0 N–H and O–H groups in total. The van der Waals surface area contributed by atoms with E-state index in [1.165, 1.54) is 261 Å². The van der Waals surface area contributed by atoms with Gasteiger partial charge in [-0.15, -0.1) is 22.7 Å². The van der Waals surface area contributed by atoms with Gasteiger partial charge in [0.15, 0.2) is 8.07 Å². The molecular weight excluding hydrogens is 1810 g/mol. The van der Waals surface area contributed by atoms with Gasteiger partial charge < -0.3 is 46.1 Å². The molecule has 8 aliphatic heterocycles. The van der Waals surface area contributed by atoms with Gasteiger partial charge in [-0.1, -0.05) is 315 Å². The standard InChI is InChI=1S/C60H38B2N4Si.C34H20BN3S.C33H19BN4S/c1-3-19-39(20-4-1)67(40-21-5-2-6-22-40,41-35-49-47-27-11-17-33-55(47)65-59(49)57(37-41)63-53-31-15-9-25-45(53)43-23-7-13-29-51(43)61(63)65)42-36-50-48-28-12-18-34-56(48)66-60(50)58(38-42)64-54-32-16-10-26-46(54)44-24-8-14-30-52(44)62(64)66;1-4-11-29-23(8-1)27-19-22(21-15-16-33-26(18-21)24-9-3-6-14-32(24)39-33)20-31-34(27)38(29)35-36-17-7-13-28(36)25-10-2-5-12-30(25)37(31)35;1-3-9-27-22(6-1)24-8-5-10-29-32(24)38(27)34-36-17-16-35-33(36)26-19-20(12-14-28(26)37(29)34)21-13-15-31-25(18-21)23-7-2-4-11-30(23)39-31/h1-38H;1-20H;1-19H. The van der Waals surface area contributed by atoms with E-state index in [1.54, 1.807) is 0 Å². The SMILES string of the molecule is c1ccc([Si](c2ccccc2)(c2cc3c4c(c2)c2ccccc2n4B2c4ccccc4-c4ccccc4N23)c2cc3c4c(c2)c2ccccc2n4B2c4ccccc4-c4ccccc4N23)cc1.c1ccc2c(c1)-c1cccn1B1N2c2cc(-c3ccc4sc5ccccc5c4c3)cc3c4ccccc4n1c23.c1ccc2c(c1)sc1ccc(-c3ccc4c(c3)-c3nccn3B3N4c4cccc5c6ccccc6n3c45)cc12. The molecule has 145 heavy (non-hydrogen) atoms. The zero-order valence-corrected chi connectivity index (χ0v) is 80.6. The minimum absolute atomic E-state index is 0.0193. The van der Waals surface area contributed by atoms with Gasteiger partial charge in [-0.2, -0.15) is 0 Å². The Hall–Kier alpha value is -17.8. The van der Waals surface area contributed by atoms with Gasteiger partial charge in [-0.25, -0.2) is 4.98 Å². The van der Waals surface area contributed by atoms with Crippen molar-refractivity contribution in [1.82, 2.24) is 31.9 Å². The van der Waals surface area contributed by atoms with Crippen molar-refractivity contribution in [2.45, 2.75) is 0 Å². The lowest BCUT2D eigenvalue weighted by Gasteiger charge is -2.38. The fraction of sp³-hybridized carbons (Fsp3) is 0. The Morgan fingerprint density at radius 1 is 0.214 bits per heavy atom. The molecule has 28 aromatic rings. The van der Waals surface area contributed by atoms with Crippen molar-refractivity contribution in [3.05, 3.63) is 468 Å². The third-order valence-electron chi connectivity index (χ3n) is 33.0. The minimum atomic E-state index is -3.22. The Balaban J connectivity index is 0.0000000995. The molecule has 0 radical (unpaired) electrons. The molecule has 0 saturated heterocycles.